The molecule has 0 fully saturated rings. The summed E-state index contributed by atoms with van der Waals surface area (Å²) in [5.74, 6) is 0. The molecule has 0 aliphatic heterocycles. The molecule has 0 saturated carbocycles. The van der Waals surface area contributed by atoms with Gasteiger partial charge in [-0.05, 0) is 37.8 Å². The molecule has 0 aliphatic carbocycles. The van der Waals surface area contributed by atoms with Gasteiger partial charge in [0.1, 0.15) is 0 Å². The number of rotatable bonds is 7. The van der Waals surface area contributed by atoms with Crippen LogP contribution in [0.15, 0.2) is 18.2 Å². The van der Waals surface area contributed by atoms with E-state index in [4.69, 9.17) is 10.8 Å². The molecule has 96 valence electrons. The minimum atomic E-state index is 0.294. The Bertz CT molecular complexity index is 339. The number of hydrogen-bond acceptors (Lipinski definition) is 3. The quantitative estimate of drug-likeness (QED) is 0.712. The van der Waals surface area contributed by atoms with Gasteiger partial charge in [-0.3, -0.25) is 0 Å². The molecule has 1 aromatic rings. The van der Waals surface area contributed by atoms with Crippen LogP contribution in [0.3, 0.4) is 0 Å². The largest absolute Gasteiger partial charge is 0.396 e. The van der Waals surface area contributed by atoms with Crippen molar-refractivity contribution in [2.45, 2.75) is 32.7 Å². The van der Waals surface area contributed by atoms with Gasteiger partial charge in [0.15, 0.2) is 0 Å². The number of aliphatic hydroxyl groups is 1. The number of nitrogens with two attached hydrogens (primary N) is 1. The van der Waals surface area contributed by atoms with Crippen LogP contribution in [-0.4, -0.2) is 25.3 Å². The van der Waals surface area contributed by atoms with Crippen LogP contribution in [0.2, 0.25) is 0 Å². The molecule has 0 aliphatic rings. The standard InChI is InChI=1S/C14H24N2O/c1-12-6-7-14(13(10-12)11-15)16(2)8-4-3-5-9-17/h6-7,10,17H,3-5,8-9,11,15H2,1-2H3. The summed E-state index contributed by atoms with van der Waals surface area (Å²) in [6.07, 6.45) is 3.07. The highest BCUT2D eigenvalue weighted by atomic mass is 16.2. The summed E-state index contributed by atoms with van der Waals surface area (Å²) in [6.45, 7) is 3.97. The average Bonchev–Trinajstić information content (AvgIpc) is 2.34. The number of aliphatic hydroxyl groups excluding tert-OH is 1. The molecular weight excluding hydrogens is 212 g/mol. The molecule has 0 heterocycles. The molecule has 0 spiro atoms. The highest BCUT2D eigenvalue weighted by Crippen LogP contribution is 2.20. The Hall–Kier alpha value is -1.06. The summed E-state index contributed by atoms with van der Waals surface area (Å²) in [7, 11) is 2.10. The number of aryl methyl sites for hydroxylation is 1. The fraction of sp³-hybridized carbons (Fsp3) is 0.571. The van der Waals surface area contributed by atoms with E-state index >= 15 is 0 Å². The minimum Gasteiger partial charge on any atom is -0.396 e. The molecular formula is C14H24N2O. The lowest BCUT2D eigenvalue weighted by Gasteiger charge is -2.22. The molecule has 3 nitrogen and oxygen atoms in total. The van der Waals surface area contributed by atoms with Crippen molar-refractivity contribution in [3.05, 3.63) is 29.3 Å². The first kappa shape index (κ1) is 14.0. The molecule has 0 radical (unpaired) electrons. The zero-order chi connectivity index (χ0) is 12.7. The maximum absolute atomic E-state index is 8.73. The van der Waals surface area contributed by atoms with E-state index in [1.165, 1.54) is 16.8 Å². The monoisotopic (exact) mass is 236 g/mol. The number of benzene rings is 1. The molecule has 0 unspecified atom stereocenters. The molecule has 1 aromatic carbocycles. The Labute approximate surface area is 104 Å². The molecule has 1 rings (SSSR count). The van der Waals surface area contributed by atoms with Gasteiger partial charge in [0.05, 0.1) is 0 Å². The van der Waals surface area contributed by atoms with Gasteiger partial charge in [0.25, 0.3) is 0 Å². The van der Waals surface area contributed by atoms with Crippen LogP contribution in [-0.2, 0) is 6.54 Å². The van der Waals surface area contributed by atoms with E-state index in [1.54, 1.807) is 0 Å². The van der Waals surface area contributed by atoms with E-state index in [1.807, 2.05) is 0 Å². The van der Waals surface area contributed by atoms with Crippen molar-refractivity contribution >= 4 is 5.69 Å². The van der Waals surface area contributed by atoms with E-state index in [0.29, 0.717) is 13.2 Å². The zero-order valence-corrected chi connectivity index (χ0v) is 10.9. The molecule has 3 heteroatoms. The second kappa shape index (κ2) is 7.30. The van der Waals surface area contributed by atoms with Crippen molar-refractivity contribution in [2.75, 3.05) is 25.1 Å². The molecule has 17 heavy (non-hydrogen) atoms. The maximum atomic E-state index is 8.73. The predicted octanol–water partition coefficient (Wildman–Crippen LogP) is 2.05. The van der Waals surface area contributed by atoms with E-state index < -0.39 is 0 Å². The fourth-order valence-electron chi connectivity index (χ4n) is 2.01. The van der Waals surface area contributed by atoms with Crippen molar-refractivity contribution in [1.82, 2.24) is 0 Å². The van der Waals surface area contributed by atoms with Crippen molar-refractivity contribution in [3.63, 3.8) is 0 Å². The lowest BCUT2D eigenvalue weighted by Crippen LogP contribution is -2.20. The molecule has 0 saturated heterocycles. The van der Waals surface area contributed by atoms with Crippen LogP contribution in [0.25, 0.3) is 0 Å². The molecule has 3 N–H and O–H groups in total. The summed E-state index contributed by atoms with van der Waals surface area (Å²) >= 11 is 0. The summed E-state index contributed by atoms with van der Waals surface area (Å²) < 4.78 is 0. The summed E-state index contributed by atoms with van der Waals surface area (Å²) in [5, 5.41) is 8.73. The average molecular weight is 236 g/mol. The number of anilines is 1. The van der Waals surface area contributed by atoms with Gasteiger partial charge >= 0.3 is 0 Å². The second-order valence-electron chi connectivity index (χ2n) is 4.54. The molecule has 0 atom stereocenters. The van der Waals surface area contributed by atoms with Crippen LogP contribution >= 0.6 is 0 Å². The Morgan fingerprint density at radius 3 is 2.65 bits per heavy atom. The SMILES string of the molecule is Cc1ccc(N(C)CCCCCO)c(CN)c1. The second-order valence-corrected chi connectivity index (χ2v) is 4.54. The van der Waals surface area contributed by atoms with Crippen LogP contribution in [0, 0.1) is 6.92 Å². The number of nitrogens with zero attached hydrogens (tertiary/aromatic N) is 1. The molecule has 0 amide bonds. The Balaban J connectivity index is 2.58. The highest BCUT2D eigenvalue weighted by molar-refractivity contribution is 5.54. The van der Waals surface area contributed by atoms with E-state index in [2.05, 4.69) is 37.1 Å². The van der Waals surface area contributed by atoms with Gasteiger partial charge < -0.3 is 15.7 Å². The summed E-state index contributed by atoms with van der Waals surface area (Å²) in [5.41, 5.74) is 9.45. The van der Waals surface area contributed by atoms with Gasteiger partial charge in [0.2, 0.25) is 0 Å². The van der Waals surface area contributed by atoms with Gasteiger partial charge in [-0.2, -0.15) is 0 Å². The third-order valence-corrected chi connectivity index (χ3v) is 3.02. The third kappa shape index (κ3) is 4.36. The smallest absolute Gasteiger partial charge is 0.0431 e. The normalized spacial score (nSPS) is 10.6. The topological polar surface area (TPSA) is 49.5 Å². The van der Waals surface area contributed by atoms with Crippen molar-refractivity contribution in [1.29, 1.82) is 0 Å². The van der Waals surface area contributed by atoms with Gasteiger partial charge in [-0.1, -0.05) is 17.7 Å². The number of unbranched alkanes of at least 4 members (excludes halogenated alkanes) is 2. The van der Waals surface area contributed by atoms with Crippen LogP contribution < -0.4 is 10.6 Å². The summed E-state index contributed by atoms with van der Waals surface area (Å²) in [6, 6.07) is 6.42. The van der Waals surface area contributed by atoms with Crippen LogP contribution in [0.4, 0.5) is 5.69 Å². The number of hydrogen-bond donors (Lipinski definition) is 2. The van der Waals surface area contributed by atoms with E-state index in [-0.39, 0.29) is 0 Å². The van der Waals surface area contributed by atoms with Gasteiger partial charge in [-0.25, -0.2) is 0 Å². The fourth-order valence-corrected chi connectivity index (χ4v) is 2.01. The molecule has 0 aromatic heterocycles. The lowest BCUT2D eigenvalue weighted by molar-refractivity contribution is 0.283. The van der Waals surface area contributed by atoms with Crippen molar-refractivity contribution < 1.29 is 5.11 Å². The van der Waals surface area contributed by atoms with E-state index in [9.17, 15) is 0 Å². The maximum Gasteiger partial charge on any atom is 0.0431 e. The van der Waals surface area contributed by atoms with Gasteiger partial charge in [-0.15, -0.1) is 0 Å². The Kier molecular flexibility index (Phi) is 6.01. The van der Waals surface area contributed by atoms with Crippen LogP contribution in [0.5, 0.6) is 0 Å². The van der Waals surface area contributed by atoms with Crippen molar-refractivity contribution in [2.24, 2.45) is 5.73 Å². The van der Waals surface area contributed by atoms with Crippen molar-refractivity contribution in [3.8, 4) is 0 Å². The Morgan fingerprint density at radius 1 is 1.24 bits per heavy atom. The zero-order valence-electron chi connectivity index (χ0n) is 10.9. The van der Waals surface area contributed by atoms with Crippen LogP contribution in [0.1, 0.15) is 30.4 Å². The first-order valence-corrected chi connectivity index (χ1v) is 6.30. The van der Waals surface area contributed by atoms with E-state index in [0.717, 1.165) is 25.8 Å². The van der Waals surface area contributed by atoms with Gasteiger partial charge in [0, 0.05) is 32.4 Å². The molecule has 0 bridgehead atoms. The third-order valence-electron chi connectivity index (χ3n) is 3.02. The summed E-state index contributed by atoms with van der Waals surface area (Å²) in [4.78, 5) is 2.25. The highest BCUT2D eigenvalue weighted by Gasteiger charge is 2.06. The minimum absolute atomic E-state index is 0.294. The Morgan fingerprint density at radius 2 is 2.00 bits per heavy atom. The lowest BCUT2D eigenvalue weighted by atomic mass is 10.1. The predicted molar refractivity (Wildman–Crippen MR) is 73.3 cm³/mol. The first-order chi connectivity index (χ1) is 8.19. The first-order valence-electron chi connectivity index (χ1n) is 6.30.